The highest BCUT2D eigenvalue weighted by atomic mass is 35.5. The smallest absolute Gasteiger partial charge is 0.306 e. The minimum absolute atomic E-state index is 0.0948. The molecule has 0 aliphatic heterocycles. The monoisotopic (exact) mass is 302 g/mol. The fourth-order valence-electron chi connectivity index (χ4n) is 1.96. The Labute approximate surface area is 121 Å². The number of hydrogen-bond acceptors (Lipinski definition) is 3. The van der Waals surface area contributed by atoms with E-state index in [1.54, 1.807) is 17.8 Å². The van der Waals surface area contributed by atoms with Gasteiger partial charge in [-0.2, -0.15) is 11.8 Å². The second kappa shape index (κ2) is 6.14. The maximum absolute atomic E-state index is 13.1. The summed E-state index contributed by atoms with van der Waals surface area (Å²) in [5.41, 5.74) is 0.901. The predicted octanol–water partition coefficient (Wildman–Crippen LogP) is 4.06. The lowest BCUT2D eigenvalue weighted by atomic mass is 10.1. The molecule has 1 aliphatic rings. The largest absolute Gasteiger partial charge is 0.469 e. The number of benzene rings is 1. The highest BCUT2D eigenvalue weighted by molar-refractivity contribution is 7.98. The minimum atomic E-state index is -0.268. The SMILES string of the molecule is COC(=O)CC1(CSCc2cc(F)ccc2Cl)CC1. The van der Waals surface area contributed by atoms with Gasteiger partial charge in [0.2, 0.25) is 0 Å². The molecule has 0 amide bonds. The van der Waals surface area contributed by atoms with Gasteiger partial charge in [0.15, 0.2) is 0 Å². The van der Waals surface area contributed by atoms with Gasteiger partial charge in [0, 0.05) is 10.8 Å². The summed E-state index contributed by atoms with van der Waals surface area (Å²) in [5, 5.41) is 0.590. The Kier molecular flexibility index (Phi) is 4.74. The normalized spacial score (nSPS) is 16.2. The van der Waals surface area contributed by atoms with Crippen molar-refractivity contribution in [2.24, 2.45) is 5.41 Å². The van der Waals surface area contributed by atoms with Crippen LogP contribution in [-0.2, 0) is 15.3 Å². The van der Waals surface area contributed by atoms with Gasteiger partial charge in [0.05, 0.1) is 13.5 Å². The van der Waals surface area contributed by atoms with Crippen molar-refractivity contribution in [3.8, 4) is 0 Å². The fraction of sp³-hybridized carbons (Fsp3) is 0.500. The van der Waals surface area contributed by atoms with E-state index in [2.05, 4.69) is 0 Å². The van der Waals surface area contributed by atoms with Gasteiger partial charge in [0.25, 0.3) is 0 Å². The van der Waals surface area contributed by atoms with E-state index in [9.17, 15) is 9.18 Å². The van der Waals surface area contributed by atoms with Gasteiger partial charge < -0.3 is 4.74 Å². The molecular weight excluding hydrogens is 287 g/mol. The van der Waals surface area contributed by atoms with Crippen LogP contribution < -0.4 is 0 Å². The number of halogens is 2. The Hall–Kier alpha value is -0.740. The van der Waals surface area contributed by atoms with Crippen molar-refractivity contribution in [2.75, 3.05) is 12.9 Å². The summed E-state index contributed by atoms with van der Waals surface area (Å²) in [6.07, 6.45) is 2.60. The number of carbonyl (C=O) groups excluding carboxylic acids is 1. The Morgan fingerprint density at radius 3 is 2.89 bits per heavy atom. The van der Waals surface area contributed by atoms with Crippen LogP contribution in [0.5, 0.6) is 0 Å². The first-order chi connectivity index (χ1) is 9.04. The van der Waals surface area contributed by atoms with Crippen LogP contribution in [0.4, 0.5) is 4.39 Å². The van der Waals surface area contributed by atoms with Gasteiger partial charge in [-0.1, -0.05) is 11.6 Å². The molecule has 0 radical (unpaired) electrons. The Bertz CT molecular complexity index is 475. The molecule has 104 valence electrons. The number of esters is 1. The molecule has 1 fully saturated rings. The third-order valence-electron chi connectivity index (χ3n) is 3.38. The third-order valence-corrected chi connectivity index (χ3v) is 5.08. The maximum Gasteiger partial charge on any atom is 0.306 e. The lowest BCUT2D eigenvalue weighted by Crippen LogP contribution is -2.13. The molecule has 5 heteroatoms. The standard InChI is InChI=1S/C14H16ClFO2S/c1-18-13(17)7-14(4-5-14)9-19-8-10-6-11(16)2-3-12(10)15/h2-3,6H,4-5,7-9H2,1H3. The number of rotatable bonds is 6. The van der Waals surface area contributed by atoms with Gasteiger partial charge in [0.1, 0.15) is 5.82 Å². The second-order valence-corrected chi connectivity index (χ2v) is 6.37. The molecule has 0 saturated heterocycles. The number of methoxy groups -OCH3 is 1. The van der Waals surface area contributed by atoms with Gasteiger partial charge in [-0.3, -0.25) is 4.79 Å². The average molecular weight is 303 g/mol. The molecule has 1 saturated carbocycles. The zero-order valence-corrected chi connectivity index (χ0v) is 12.3. The quantitative estimate of drug-likeness (QED) is 0.741. The first kappa shape index (κ1) is 14.7. The first-order valence-electron chi connectivity index (χ1n) is 6.13. The second-order valence-electron chi connectivity index (χ2n) is 4.98. The zero-order chi connectivity index (χ0) is 13.9. The molecule has 2 rings (SSSR count). The maximum atomic E-state index is 13.1. The van der Waals surface area contributed by atoms with Crippen molar-refractivity contribution in [3.63, 3.8) is 0 Å². The molecule has 1 aliphatic carbocycles. The molecule has 0 unspecified atom stereocenters. The van der Waals surface area contributed by atoms with Crippen LogP contribution in [0.25, 0.3) is 0 Å². The van der Waals surface area contributed by atoms with E-state index in [1.165, 1.54) is 19.2 Å². The van der Waals surface area contributed by atoms with Crippen molar-refractivity contribution in [1.82, 2.24) is 0 Å². The van der Waals surface area contributed by atoms with Gasteiger partial charge in [-0.15, -0.1) is 0 Å². The topological polar surface area (TPSA) is 26.3 Å². The van der Waals surface area contributed by atoms with Crippen LogP contribution in [0.15, 0.2) is 18.2 Å². The van der Waals surface area contributed by atoms with Crippen LogP contribution in [0.2, 0.25) is 5.02 Å². The van der Waals surface area contributed by atoms with E-state index in [0.717, 1.165) is 24.2 Å². The zero-order valence-electron chi connectivity index (χ0n) is 10.7. The van der Waals surface area contributed by atoms with Gasteiger partial charge in [-0.05, 0) is 47.8 Å². The van der Waals surface area contributed by atoms with Crippen LogP contribution in [-0.4, -0.2) is 18.8 Å². The van der Waals surface area contributed by atoms with Crippen molar-refractivity contribution in [3.05, 3.63) is 34.6 Å². The molecule has 1 aromatic carbocycles. The summed E-state index contributed by atoms with van der Waals surface area (Å²) >= 11 is 7.71. The fourth-order valence-corrected chi connectivity index (χ4v) is 3.61. The molecule has 19 heavy (non-hydrogen) atoms. The van der Waals surface area contributed by atoms with E-state index in [4.69, 9.17) is 16.3 Å². The lowest BCUT2D eigenvalue weighted by molar-refractivity contribution is -0.141. The Balaban J connectivity index is 1.83. The molecule has 0 heterocycles. The third kappa shape index (κ3) is 4.11. The molecule has 1 aromatic rings. The van der Waals surface area contributed by atoms with Crippen LogP contribution in [0.3, 0.4) is 0 Å². The molecule has 0 aromatic heterocycles. The van der Waals surface area contributed by atoms with E-state index in [-0.39, 0.29) is 17.2 Å². The molecule has 0 atom stereocenters. The Morgan fingerprint density at radius 1 is 1.53 bits per heavy atom. The van der Waals surface area contributed by atoms with Crippen LogP contribution in [0, 0.1) is 11.2 Å². The van der Waals surface area contributed by atoms with Gasteiger partial charge >= 0.3 is 5.97 Å². The molecule has 2 nitrogen and oxygen atoms in total. The predicted molar refractivity (Wildman–Crippen MR) is 75.9 cm³/mol. The highest BCUT2D eigenvalue weighted by Gasteiger charge is 2.44. The number of carbonyl (C=O) groups is 1. The number of hydrogen-bond donors (Lipinski definition) is 0. The summed E-state index contributed by atoms with van der Waals surface area (Å²) in [5.74, 6) is 1.13. The molecule has 0 N–H and O–H groups in total. The molecular formula is C14H16ClFO2S. The summed E-state index contributed by atoms with van der Waals surface area (Å²) in [6, 6.07) is 4.40. The number of ether oxygens (including phenoxy) is 1. The Morgan fingerprint density at radius 2 is 2.26 bits per heavy atom. The van der Waals surface area contributed by atoms with Crippen LogP contribution >= 0.6 is 23.4 Å². The van der Waals surface area contributed by atoms with Crippen molar-refractivity contribution >= 4 is 29.3 Å². The van der Waals surface area contributed by atoms with Crippen molar-refractivity contribution in [1.29, 1.82) is 0 Å². The van der Waals surface area contributed by atoms with Crippen molar-refractivity contribution < 1.29 is 13.9 Å². The molecule has 0 spiro atoms. The van der Waals surface area contributed by atoms with E-state index >= 15 is 0 Å². The number of thioether (sulfide) groups is 1. The molecule has 0 bridgehead atoms. The summed E-state index contributed by atoms with van der Waals surface area (Å²) < 4.78 is 17.8. The average Bonchev–Trinajstić information content (AvgIpc) is 3.13. The highest BCUT2D eigenvalue weighted by Crippen LogP contribution is 2.51. The van der Waals surface area contributed by atoms with E-state index < -0.39 is 0 Å². The first-order valence-corrected chi connectivity index (χ1v) is 7.66. The summed E-state index contributed by atoms with van der Waals surface area (Å²) in [6.45, 7) is 0. The summed E-state index contributed by atoms with van der Waals surface area (Å²) in [7, 11) is 1.41. The lowest BCUT2D eigenvalue weighted by Gasteiger charge is -2.13. The summed E-state index contributed by atoms with van der Waals surface area (Å²) in [4.78, 5) is 11.3. The minimum Gasteiger partial charge on any atom is -0.469 e. The van der Waals surface area contributed by atoms with Crippen LogP contribution in [0.1, 0.15) is 24.8 Å². The van der Waals surface area contributed by atoms with E-state index in [0.29, 0.717) is 17.2 Å². The van der Waals surface area contributed by atoms with Gasteiger partial charge in [-0.25, -0.2) is 4.39 Å². The van der Waals surface area contributed by atoms with Crippen molar-refractivity contribution in [2.45, 2.75) is 25.0 Å². The van der Waals surface area contributed by atoms with E-state index in [1.807, 2.05) is 0 Å².